The monoisotopic (exact) mass is 181 g/mol. The van der Waals surface area contributed by atoms with Gasteiger partial charge in [-0.25, -0.2) is 4.68 Å². The van der Waals surface area contributed by atoms with Crippen molar-refractivity contribution >= 4 is 0 Å². The Balaban J connectivity index is 3.01. The van der Waals surface area contributed by atoms with Gasteiger partial charge in [-0.1, -0.05) is 26.0 Å². The topological polar surface area (TPSA) is 30.7 Å². The van der Waals surface area contributed by atoms with Crippen molar-refractivity contribution in [2.45, 2.75) is 52.5 Å². The van der Waals surface area contributed by atoms with Crippen LogP contribution in [0.5, 0.6) is 0 Å². The summed E-state index contributed by atoms with van der Waals surface area (Å²) in [6.45, 7) is 12.8. The van der Waals surface area contributed by atoms with Crippen LogP contribution in [0.2, 0.25) is 0 Å². The molecule has 0 aromatic carbocycles. The first-order chi connectivity index (χ1) is 5.71. The minimum Gasteiger partial charge on any atom is -0.247 e. The van der Waals surface area contributed by atoms with Crippen molar-refractivity contribution in [3.05, 3.63) is 11.9 Å². The van der Waals surface area contributed by atoms with Gasteiger partial charge in [0, 0.05) is 11.6 Å². The van der Waals surface area contributed by atoms with Crippen LogP contribution in [0.4, 0.5) is 0 Å². The van der Waals surface area contributed by atoms with Crippen molar-refractivity contribution in [3.8, 4) is 0 Å². The third kappa shape index (κ3) is 2.29. The fourth-order valence-corrected chi connectivity index (χ4v) is 0.935. The van der Waals surface area contributed by atoms with Crippen LogP contribution in [-0.2, 0) is 11.0 Å². The zero-order valence-electron chi connectivity index (χ0n) is 9.42. The Morgan fingerprint density at radius 3 is 1.85 bits per heavy atom. The second-order valence-electron chi connectivity index (χ2n) is 5.47. The lowest BCUT2D eigenvalue weighted by Crippen LogP contribution is -2.22. The molecule has 0 aliphatic heterocycles. The summed E-state index contributed by atoms with van der Waals surface area (Å²) >= 11 is 0. The summed E-state index contributed by atoms with van der Waals surface area (Å²) < 4.78 is 1.91. The number of aromatic nitrogens is 3. The number of hydrogen-bond donors (Lipinski definition) is 0. The van der Waals surface area contributed by atoms with Gasteiger partial charge in [0.05, 0.1) is 11.2 Å². The highest BCUT2D eigenvalue weighted by Crippen LogP contribution is 2.21. The molecule has 1 aromatic heterocycles. The van der Waals surface area contributed by atoms with Crippen LogP contribution >= 0.6 is 0 Å². The summed E-state index contributed by atoms with van der Waals surface area (Å²) in [6.07, 6.45) is 2.03. The van der Waals surface area contributed by atoms with Gasteiger partial charge in [0.15, 0.2) is 0 Å². The van der Waals surface area contributed by atoms with Crippen LogP contribution in [-0.4, -0.2) is 15.0 Å². The van der Waals surface area contributed by atoms with E-state index in [0.717, 1.165) is 5.69 Å². The molecule has 1 heterocycles. The Morgan fingerprint density at radius 1 is 1.08 bits per heavy atom. The normalized spacial score (nSPS) is 13.4. The third-order valence-electron chi connectivity index (χ3n) is 1.95. The van der Waals surface area contributed by atoms with Crippen molar-refractivity contribution in [1.82, 2.24) is 15.0 Å². The highest BCUT2D eigenvalue weighted by Gasteiger charge is 2.21. The molecule has 3 heteroatoms. The highest BCUT2D eigenvalue weighted by atomic mass is 15.4. The molecule has 1 rings (SSSR count). The smallest absolute Gasteiger partial charge is 0.0880 e. The maximum atomic E-state index is 4.17. The van der Waals surface area contributed by atoms with Crippen molar-refractivity contribution in [2.75, 3.05) is 0 Å². The van der Waals surface area contributed by atoms with Crippen molar-refractivity contribution in [2.24, 2.45) is 0 Å². The molecule has 0 amide bonds. The molecule has 0 fully saturated rings. The van der Waals surface area contributed by atoms with E-state index >= 15 is 0 Å². The Hall–Kier alpha value is -0.860. The molecular weight excluding hydrogens is 162 g/mol. The summed E-state index contributed by atoms with van der Waals surface area (Å²) in [5.41, 5.74) is 1.16. The lowest BCUT2D eigenvalue weighted by Gasteiger charge is -2.18. The average molecular weight is 181 g/mol. The van der Waals surface area contributed by atoms with Crippen molar-refractivity contribution in [3.63, 3.8) is 0 Å². The van der Waals surface area contributed by atoms with Gasteiger partial charge in [-0.05, 0) is 20.8 Å². The molecule has 3 nitrogen and oxygen atoms in total. The van der Waals surface area contributed by atoms with E-state index in [9.17, 15) is 0 Å². The fourth-order valence-electron chi connectivity index (χ4n) is 0.935. The predicted molar refractivity (Wildman–Crippen MR) is 53.7 cm³/mol. The summed E-state index contributed by atoms with van der Waals surface area (Å²) in [4.78, 5) is 0. The fraction of sp³-hybridized carbons (Fsp3) is 0.800. The molecule has 0 unspecified atom stereocenters. The Morgan fingerprint density at radius 2 is 1.62 bits per heavy atom. The molecule has 0 radical (unpaired) electrons. The second kappa shape index (κ2) is 2.82. The molecule has 0 aliphatic rings. The van der Waals surface area contributed by atoms with Gasteiger partial charge < -0.3 is 0 Å². The van der Waals surface area contributed by atoms with Crippen LogP contribution in [0, 0.1) is 0 Å². The molecular formula is C10H19N3. The van der Waals surface area contributed by atoms with Crippen LogP contribution in [0.3, 0.4) is 0 Å². The summed E-state index contributed by atoms with van der Waals surface area (Å²) in [5, 5.41) is 8.29. The van der Waals surface area contributed by atoms with Gasteiger partial charge in [-0.3, -0.25) is 0 Å². The van der Waals surface area contributed by atoms with E-state index in [1.807, 2.05) is 10.9 Å². The predicted octanol–water partition coefficient (Wildman–Crippen LogP) is 2.33. The second-order valence-corrected chi connectivity index (χ2v) is 5.47. The Bertz CT molecular complexity index is 257. The molecule has 0 N–H and O–H groups in total. The first-order valence-corrected chi connectivity index (χ1v) is 4.64. The number of hydrogen-bond acceptors (Lipinski definition) is 2. The molecule has 0 atom stereocenters. The highest BCUT2D eigenvalue weighted by molar-refractivity contribution is 5.07. The maximum absolute atomic E-state index is 4.17. The van der Waals surface area contributed by atoms with Gasteiger partial charge in [-0.2, -0.15) is 0 Å². The molecule has 0 bridgehead atoms. The first kappa shape index (κ1) is 10.2. The molecule has 13 heavy (non-hydrogen) atoms. The molecule has 74 valence electrons. The lowest BCUT2D eigenvalue weighted by molar-refractivity contribution is 0.346. The zero-order chi connectivity index (χ0) is 10.3. The molecule has 0 aliphatic carbocycles. The van der Waals surface area contributed by atoms with E-state index in [1.165, 1.54) is 0 Å². The van der Waals surface area contributed by atoms with Gasteiger partial charge >= 0.3 is 0 Å². The average Bonchev–Trinajstić information content (AvgIpc) is 2.28. The van der Waals surface area contributed by atoms with E-state index in [-0.39, 0.29) is 11.0 Å². The molecule has 0 spiro atoms. The van der Waals surface area contributed by atoms with Crippen molar-refractivity contribution in [1.29, 1.82) is 0 Å². The largest absolute Gasteiger partial charge is 0.247 e. The van der Waals surface area contributed by atoms with Crippen LogP contribution < -0.4 is 0 Å². The number of nitrogens with zero attached hydrogens (tertiary/aromatic N) is 3. The van der Waals surface area contributed by atoms with Crippen LogP contribution in [0.25, 0.3) is 0 Å². The molecule has 0 saturated carbocycles. The quantitative estimate of drug-likeness (QED) is 0.615. The minimum absolute atomic E-state index is 0.0243. The standard InChI is InChI=1S/C10H19N3/c1-9(2,3)8-7-13(12-11-8)10(4,5)6/h7H,1-6H3. The van der Waals surface area contributed by atoms with E-state index in [4.69, 9.17) is 0 Å². The van der Waals surface area contributed by atoms with E-state index < -0.39 is 0 Å². The maximum Gasteiger partial charge on any atom is 0.0880 e. The van der Waals surface area contributed by atoms with Crippen LogP contribution in [0.1, 0.15) is 47.2 Å². The van der Waals surface area contributed by atoms with Gasteiger partial charge in [0.25, 0.3) is 0 Å². The van der Waals surface area contributed by atoms with Crippen LogP contribution in [0.15, 0.2) is 6.20 Å². The molecule has 0 saturated heterocycles. The Kier molecular flexibility index (Phi) is 2.22. The van der Waals surface area contributed by atoms with Crippen molar-refractivity contribution < 1.29 is 0 Å². The van der Waals surface area contributed by atoms with Gasteiger partial charge in [-0.15, -0.1) is 5.10 Å². The summed E-state index contributed by atoms with van der Waals surface area (Å²) in [6, 6.07) is 0. The third-order valence-corrected chi connectivity index (χ3v) is 1.95. The lowest BCUT2D eigenvalue weighted by atomic mass is 9.93. The van der Waals surface area contributed by atoms with E-state index in [0.29, 0.717) is 0 Å². The van der Waals surface area contributed by atoms with E-state index in [1.54, 1.807) is 0 Å². The van der Waals surface area contributed by atoms with Gasteiger partial charge in [0.2, 0.25) is 0 Å². The van der Waals surface area contributed by atoms with Gasteiger partial charge in [0.1, 0.15) is 0 Å². The Labute approximate surface area is 80.1 Å². The summed E-state index contributed by atoms with van der Waals surface area (Å²) in [5.74, 6) is 0. The molecule has 1 aromatic rings. The summed E-state index contributed by atoms with van der Waals surface area (Å²) in [7, 11) is 0. The first-order valence-electron chi connectivity index (χ1n) is 4.64. The van der Waals surface area contributed by atoms with E-state index in [2.05, 4.69) is 51.9 Å². The number of rotatable bonds is 0. The minimum atomic E-state index is 0.0243. The SMILES string of the molecule is CC(C)(C)c1cn(C(C)(C)C)nn1. The zero-order valence-corrected chi connectivity index (χ0v) is 9.42.